The molecule has 0 atom stereocenters. The number of hydrogen-bond donors (Lipinski definition) is 0. The molecule has 0 aliphatic rings. The zero-order valence-electron chi connectivity index (χ0n) is 5.83. The lowest BCUT2D eigenvalue weighted by molar-refractivity contribution is 0.423. The van der Waals surface area contributed by atoms with E-state index in [0.29, 0.717) is 12.5 Å². The summed E-state index contributed by atoms with van der Waals surface area (Å²) in [7, 11) is -9.62. The van der Waals surface area contributed by atoms with Crippen LogP contribution < -0.4 is 0 Å². The molecule has 0 aromatic rings. The molecule has 8 heteroatoms. The molecule has 0 unspecified atom stereocenters. The van der Waals surface area contributed by atoms with E-state index < -0.39 is 18.3 Å². The summed E-state index contributed by atoms with van der Waals surface area (Å²) in [5.41, 5.74) is 0. The van der Waals surface area contributed by atoms with E-state index in [9.17, 15) is 16.8 Å². The molecule has 0 radical (unpaired) electrons. The highest BCUT2D eigenvalue weighted by molar-refractivity contribution is 8.63. The fraction of sp³-hybridized carbons (Fsp3) is 0. The normalized spacial score (nSPS) is 11.7. The molecule has 0 fully saturated rings. The Morgan fingerprint density at radius 1 is 0.833 bits per heavy atom. The molecular formula is C4H6O6S2. The van der Waals surface area contributed by atoms with E-state index in [0.717, 1.165) is 0 Å². The largest absolute Gasteiger partial charge is 0.454 e. The van der Waals surface area contributed by atoms with Crippen molar-refractivity contribution in [2.24, 2.45) is 0 Å². The smallest absolute Gasteiger partial charge is 0.378 e. The lowest BCUT2D eigenvalue weighted by atomic mass is 11.2. The van der Waals surface area contributed by atoms with Crippen molar-refractivity contribution in [3.63, 3.8) is 0 Å². The summed E-state index contributed by atoms with van der Waals surface area (Å²) in [6, 6.07) is 0. The molecule has 0 aliphatic heterocycles. The van der Waals surface area contributed by atoms with E-state index in [1.165, 1.54) is 0 Å². The minimum atomic E-state index is -4.81. The average Bonchev–Trinajstić information content (AvgIpc) is 1.86. The van der Waals surface area contributed by atoms with Gasteiger partial charge in [-0.05, 0) is 0 Å². The van der Waals surface area contributed by atoms with Crippen molar-refractivity contribution in [1.29, 1.82) is 0 Å². The zero-order valence-corrected chi connectivity index (χ0v) is 7.47. The Labute approximate surface area is 69.8 Å². The van der Waals surface area contributed by atoms with Crippen LogP contribution in [0.1, 0.15) is 0 Å². The SMILES string of the molecule is C=COS(=O)(=O)S(=O)(=O)OC=C. The maximum Gasteiger partial charge on any atom is 0.454 e. The molecule has 0 saturated heterocycles. The van der Waals surface area contributed by atoms with E-state index in [-0.39, 0.29) is 0 Å². The molecule has 0 bridgehead atoms. The van der Waals surface area contributed by atoms with Gasteiger partial charge in [0, 0.05) is 0 Å². The lowest BCUT2D eigenvalue weighted by Crippen LogP contribution is -2.16. The molecule has 0 heterocycles. The van der Waals surface area contributed by atoms with Crippen molar-refractivity contribution in [2.75, 3.05) is 0 Å². The second-order valence-electron chi connectivity index (χ2n) is 1.34. The van der Waals surface area contributed by atoms with Crippen LogP contribution in [-0.2, 0) is 26.7 Å². The van der Waals surface area contributed by atoms with Crippen LogP contribution in [0.15, 0.2) is 25.7 Å². The summed E-state index contributed by atoms with van der Waals surface area (Å²) < 4.78 is 49.8. The summed E-state index contributed by atoms with van der Waals surface area (Å²) in [6.07, 6.45) is 0.915. The van der Waals surface area contributed by atoms with Crippen LogP contribution in [-0.4, -0.2) is 16.8 Å². The van der Waals surface area contributed by atoms with Gasteiger partial charge in [0.25, 0.3) is 0 Å². The molecule has 70 valence electrons. The van der Waals surface area contributed by atoms with Crippen LogP contribution in [0, 0.1) is 0 Å². The first-order valence-corrected chi connectivity index (χ1v) is 5.79. The quantitative estimate of drug-likeness (QED) is 0.468. The zero-order chi connectivity index (χ0) is 9.83. The first kappa shape index (κ1) is 11.0. The molecule has 6 nitrogen and oxygen atoms in total. The molecule has 0 saturated carbocycles. The van der Waals surface area contributed by atoms with Gasteiger partial charge >= 0.3 is 18.3 Å². The van der Waals surface area contributed by atoms with Crippen LogP contribution in [0.4, 0.5) is 0 Å². The summed E-state index contributed by atoms with van der Waals surface area (Å²) in [4.78, 5) is 0. The third-order valence-electron chi connectivity index (χ3n) is 0.622. The van der Waals surface area contributed by atoms with Gasteiger partial charge in [-0.25, -0.2) is 0 Å². The summed E-state index contributed by atoms with van der Waals surface area (Å²) >= 11 is 0. The van der Waals surface area contributed by atoms with Crippen molar-refractivity contribution < 1.29 is 25.2 Å². The Hall–Kier alpha value is -1.02. The first-order chi connectivity index (χ1) is 5.37. The van der Waals surface area contributed by atoms with Gasteiger partial charge in [-0.15, -0.1) is 0 Å². The highest BCUT2D eigenvalue weighted by Gasteiger charge is 2.32. The Morgan fingerprint density at radius 3 is 1.25 bits per heavy atom. The Kier molecular flexibility index (Phi) is 3.28. The monoisotopic (exact) mass is 214 g/mol. The predicted octanol–water partition coefficient (Wildman–Crippen LogP) is -0.119. The Bertz CT molecular complexity index is 322. The Morgan fingerprint density at radius 2 is 1.08 bits per heavy atom. The fourth-order valence-corrected chi connectivity index (χ4v) is 1.70. The van der Waals surface area contributed by atoms with Gasteiger partial charge in [0.05, 0.1) is 0 Å². The maximum atomic E-state index is 10.6. The van der Waals surface area contributed by atoms with E-state index in [1.54, 1.807) is 0 Å². The van der Waals surface area contributed by atoms with Crippen LogP contribution in [0.2, 0.25) is 0 Å². The number of rotatable bonds is 5. The van der Waals surface area contributed by atoms with Gasteiger partial charge in [-0.1, -0.05) is 13.2 Å². The first-order valence-electron chi connectivity index (χ1n) is 2.45. The molecule has 0 amide bonds. The second-order valence-corrected chi connectivity index (χ2v) is 5.81. The number of hydrogen-bond acceptors (Lipinski definition) is 6. The highest BCUT2D eigenvalue weighted by Crippen LogP contribution is 2.07. The molecule has 0 N–H and O–H groups in total. The van der Waals surface area contributed by atoms with Gasteiger partial charge in [-0.2, -0.15) is 16.8 Å². The maximum absolute atomic E-state index is 10.6. The van der Waals surface area contributed by atoms with Gasteiger partial charge in [0.15, 0.2) is 0 Å². The molecule has 0 spiro atoms. The topological polar surface area (TPSA) is 86.7 Å². The summed E-state index contributed by atoms with van der Waals surface area (Å²) in [6.45, 7) is 5.74. The predicted molar refractivity (Wildman–Crippen MR) is 40.4 cm³/mol. The van der Waals surface area contributed by atoms with E-state index in [2.05, 4.69) is 21.5 Å². The minimum absolute atomic E-state index is 0.458. The molecule has 0 aromatic heterocycles. The third kappa shape index (κ3) is 2.24. The average molecular weight is 214 g/mol. The molecule has 12 heavy (non-hydrogen) atoms. The van der Waals surface area contributed by atoms with Gasteiger partial charge in [-0.3, -0.25) is 0 Å². The van der Waals surface area contributed by atoms with E-state index in [1.807, 2.05) is 0 Å². The van der Waals surface area contributed by atoms with Crippen molar-refractivity contribution in [2.45, 2.75) is 0 Å². The molecule has 0 aliphatic carbocycles. The second kappa shape index (κ2) is 3.59. The van der Waals surface area contributed by atoms with Crippen molar-refractivity contribution >= 4 is 18.3 Å². The van der Waals surface area contributed by atoms with E-state index >= 15 is 0 Å². The van der Waals surface area contributed by atoms with E-state index in [4.69, 9.17) is 0 Å². The van der Waals surface area contributed by atoms with Gasteiger partial charge in [0.2, 0.25) is 0 Å². The van der Waals surface area contributed by atoms with Crippen molar-refractivity contribution in [1.82, 2.24) is 0 Å². The minimum Gasteiger partial charge on any atom is -0.378 e. The van der Waals surface area contributed by atoms with Gasteiger partial charge in [0.1, 0.15) is 12.5 Å². The standard InChI is InChI=1S/C4H6O6S2/c1-3-9-11(5,6)12(7,8)10-4-2/h3-4H,1-2H2. The van der Waals surface area contributed by atoms with Crippen LogP contribution in [0.5, 0.6) is 0 Å². The third-order valence-corrected chi connectivity index (χ3v) is 3.84. The Balaban J connectivity index is 5.04. The van der Waals surface area contributed by atoms with Crippen LogP contribution in [0.25, 0.3) is 0 Å². The van der Waals surface area contributed by atoms with Crippen LogP contribution in [0.3, 0.4) is 0 Å². The molecular weight excluding hydrogens is 208 g/mol. The lowest BCUT2D eigenvalue weighted by Gasteiger charge is -2.01. The summed E-state index contributed by atoms with van der Waals surface area (Å²) in [5.74, 6) is 0. The van der Waals surface area contributed by atoms with Crippen molar-refractivity contribution in [3.05, 3.63) is 25.7 Å². The fourth-order valence-electron chi connectivity index (χ4n) is 0.263. The molecule has 0 aromatic carbocycles. The molecule has 0 rings (SSSR count). The van der Waals surface area contributed by atoms with Crippen molar-refractivity contribution in [3.8, 4) is 0 Å². The highest BCUT2D eigenvalue weighted by atomic mass is 33.2. The summed E-state index contributed by atoms with van der Waals surface area (Å²) in [5, 5.41) is 0. The van der Waals surface area contributed by atoms with Crippen LogP contribution >= 0.6 is 0 Å². The van der Waals surface area contributed by atoms with Gasteiger partial charge < -0.3 is 8.37 Å².